The van der Waals surface area contributed by atoms with Crippen molar-refractivity contribution >= 4 is 10.9 Å². The average Bonchev–Trinajstić information content (AvgIpc) is 3.43. The van der Waals surface area contributed by atoms with Crippen molar-refractivity contribution in [2.45, 2.75) is 25.8 Å². The summed E-state index contributed by atoms with van der Waals surface area (Å²) in [4.78, 5) is 12.5. The Morgan fingerprint density at radius 2 is 1.90 bits per heavy atom. The lowest BCUT2D eigenvalue weighted by molar-refractivity contribution is 0.255. The Kier molecular flexibility index (Phi) is 5.98. The van der Waals surface area contributed by atoms with Gasteiger partial charge in [-0.2, -0.15) is 0 Å². The second-order valence-corrected chi connectivity index (χ2v) is 7.36. The summed E-state index contributed by atoms with van der Waals surface area (Å²) in [5.74, 6) is 0.752. The maximum Gasteiger partial charge on any atom is 0.159 e. The smallest absolute Gasteiger partial charge is 0.159 e. The number of aliphatic hydroxyl groups excluding tert-OH is 1. The van der Waals surface area contributed by atoms with Crippen molar-refractivity contribution in [2.75, 3.05) is 13.2 Å². The maximum absolute atomic E-state index is 8.50. The zero-order chi connectivity index (χ0) is 20.1. The summed E-state index contributed by atoms with van der Waals surface area (Å²) >= 11 is 0. The third kappa shape index (κ3) is 4.70. The summed E-state index contributed by atoms with van der Waals surface area (Å²) in [7, 11) is 0. The summed E-state index contributed by atoms with van der Waals surface area (Å²) in [6, 6.07) is 20.9. The van der Waals surface area contributed by atoms with Crippen LogP contribution in [0.3, 0.4) is 0 Å². The van der Waals surface area contributed by atoms with E-state index in [1.165, 1.54) is 11.8 Å². The maximum atomic E-state index is 8.50. The highest BCUT2D eigenvalue weighted by molar-refractivity contribution is 5.84. The van der Waals surface area contributed by atoms with Gasteiger partial charge in [0.2, 0.25) is 0 Å². The highest BCUT2D eigenvalue weighted by atomic mass is 16.3. The minimum absolute atomic E-state index is 0.306. The van der Waals surface area contributed by atoms with Gasteiger partial charge in [0.25, 0.3) is 0 Å². The largest absolute Gasteiger partial charge is 0.395 e. The first kappa shape index (κ1) is 19.3. The minimum atomic E-state index is 0.306. The van der Waals surface area contributed by atoms with Crippen LogP contribution in [0.15, 0.2) is 66.9 Å². The lowest BCUT2D eigenvalue weighted by Gasteiger charge is -2.04. The molecule has 0 spiro atoms. The monoisotopic (exact) mass is 386 g/mol. The summed E-state index contributed by atoms with van der Waals surface area (Å²) in [5, 5.41) is 12.8. The van der Waals surface area contributed by atoms with Gasteiger partial charge >= 0.3 is 0 Å². The number of fused-ring (bicyclic) bond motifs is 1. The number of aliphatic hydroxyl groups is 1. The van der Waals surface area contributed by atoms with Crippen molar-refractivity contribution in [1.82, 2.24) is 20.3 Å². The van der Waals surface area contributed by atoms with Crippen LogP contribution in [-0.2, 0) is 0 Å². The molecule has 3 heterocycles. The third-order valence-electron chi connectivity index (χ3n) is 5.12. The molecule has 0 aliphatic carbocycles. The van der Waals surface area contributed by atoms with Crippen molar-refractivity contribution in [3.63, 3.8) is 0 Å². The molecule has 148 valence electrons. The van der Waals surface area contributed by atoms with Crippen LogP contribution in [0.1, 0.15) is 18.5 Å². The molecule has 0 radical (unpaired) electrons. The molecule has 5 nitrogen and oxygen atoms in total. The number of benzene rings is 2. The normalized spacial score (nSPS) is 15.9. The van der Waals surface area contributed by atoms with Crippen LogP contribution in [0.25, 0.3) is 33.5 Å². The SMILES string of the molecule is Cc1cc2cc(-c3nccc(-c4ccccc4)n3)ccc2[nH]1.OCC1CCCN1. The molecular weight excluding hydrogens is 360 g/mol. The Morgan fingerprint density at radius 3 is 2.62 bits per heavy atom. The van der Waals surface area contributed by atoms with Gasteiger partial charge < -0.3 is 15.4 Å². The van der Waals surface area contributed by atoms with Gasteiger partial charge in [0.1, 0.15) is 0 Å². The van der Waals surface area contributed by atoms with E-state index in [2.05, 4.69) is 58.6 Å². The van der Waals surface area contributed by atoms with Crippen molar-refractivity contribution < 1.29 is 5.11 Å². The number of nitrogens with one attached hydrogen (secondary N) is 2. The number of rotatable bonds is 3. The van der Waals surface area contributed by atoms with Gasteiger partial charge in [-0.3, -0.25) is 0 Å². The van der Waals surface area contributed by atoms with Crippen molar-refractivity contribution in [1.29, 1.82) is 0 Å². The quantitative estimate of drug-likeness (QED) is 0.490. The molecule has 5 heteroatoms. The van der Waals surface area contributed by atoms with Crippen LogP contribution in [0.5, 0.6) is 0 Å². The highest BCUT2D eigenvalue weighted by Gasteiger charge is 2.10. The number of aromatic nitrogens is 3. The van der Waals surface area contributed by atoms with Gasteiger partial charge in [0.15, 0.2) is 5.82 Å². The summed E-state index contributed by atoms with van der Waals surface area (Å²) in [5.41, 5.74) is 5.37. The molecule has 1 unspecified atom stereocenters. The molecule has 1 saturated heterocycles. The Morgan fingerprint density at radius 1 is 1.03 bits per heavy atom. The summed E-state index contributed by atoms with van der Waals surface area (Å²) in [6.07, 6.45) is 4.19. The summed E-state index contributed by atoms with van der Waals surface area (Å²) < 4.78 is 0. The number of hydrogen-bond donors (Lipinski definition) is 3. The van der Waals surface area contributed by atoms with Gasteiger partial charge in [-0.05, 0) is 56.6 Å². The van der Waals surface area contributed by atoms with Crippen LogP contribution in [0, 0.1) is 6.92 Å². The fourth-order valence-electron chi connectivity index (χ4n) is 3.60. The van der Waals surface area contributed by atoms with Crippen LogP contribution in [-0.4, -0.2) is 39.3 Å². The van der Waals surface area contributed by atoms with E-state index in [-0.39, 0.29) is 0 Å². The Balaban J connectivity index is 0.000000249. The number of aromatic amines is 1. The zero-order valence-electron chi connectivity index (χ0n) is 16.6. The van der Waals surface area contributed by atoms with E-state index in [1.54, 1.807) is 0 Å². The molecule has 29 heavy (non-hydrogen) atoms. The van der Waals surface area contributed by atoms with E-state index in [0.29, 0.717) is 12.6 Å². The third-order valence-corrected chi connectivity index (χ3v) is 5.12. The number of H-pyrrole nitrogens is 1. The lowest BCUT2D eigenvalue weighted by Crippen LogP contribution is -2.24. The van der Waals surface area contributed by atoms with E-state index >= 15 is 0 Å². The molecule has 0 amide bonds. The van der Waals surface area contributed by atoms with Gasteiger partial charge in [-0.25, -0.2) is 9.97 Å². The highest BCUT2D eigenvalue weighted by Crippen LogP contribution is 2.24. The zero-order valence-corrected chi connectivity index (χ0v) is 16.6. The van der Waals surface area contributed by atoms with E-state index < -0.39 is 0 Å². The van der Waals surface area contributed by atoms with Gasteiger partial charge in [-0.15, -0.1) is 0 Å². The number of aryl methyl sites for hydroxylation is 1. The second kappa shape index (κ2) is 8.99. The molecule has 1 atom stereocenters. The van der Waals surface area contributed by atoms with Crippen LogP contribution < -0.4 is 5.32 Å². The molecule has 0 bridgehead atoms. The first-order valence-electron chi connectivity index (χ1n) is 10.1. The van der Waals surface area contributed by atoms with Crippen LogP contribution in [0.2, 0.25) is 0 Å². The van der Waals surface area contributed by atoms with E-state index in [9.17, 15) is 0 Å². The molecule has 0 saturated carbocycles. The average molecular weight is 386 g/mol. The molecule has 1 aliphatic heterocycles. The molecule has 1 fully saturated rings. The van der Waals surface area contributed by atoms with Gasteiger partial charge in [0, 0.05) is 40.0 Å². The second-order valence-electron chi connectivity index (χ2n) is 7.36. The first-order chi connectivity index (χ1) is 14.2. The molecule has 3 N–H and O–H groups in total. The molecule has 4 aromatic rings. The number of hydrogen-bond acceptors (Lipinski definition) is 4. The fraction of sp³-hybridized carbons (Fsp3) is 0.250. The molecule has 1 aliphatic rings. The van der Waals surface area contributed by atoms with Gasteiger partial charge in [0.05, 0.1) is 12.3 Å². The topological polar surface area (TPSA) is 73.8 Å². The Hall–Kier alpha value is -3.02. The first-order valence-corrected chi connectivity index (χ1v) is 10.1. The molecule has 5 rings (SSSR count). The predicted octanol–water partition coefficient (Wildman–Crippen LogP) is 4.33. The van der Waals surface area contributed by atoms with Gasteiger partial charge in [-0.1, -0.05) is 30.3 Å². The fourth-order valence-corrected chi connectivity index (χ4v) is 3.60. The number of nitrogens with zero attached hydrogens (tertiary/aromatic N) is 2. The molecular formula is C24H26N4O. The molecule has 2 aromatic carbocycles. The van der Waals surface area contributed by atoms with Crippen molar-refractivity contribution in [2.24, 2.45) is 0 Å². The minimum Gasteiger partial charge on any atom is -0.395 e. The van der Waals surface area contributed by atoms with E-state index in [0.717, 1.165) is 46.8 Å². The molecule has 2 aromatic heterocycles. The van der Waals surface area contributed by atoms with Crippen LogP contribution >= 0.6 is 0 Å². The predicted molar refractivity (Wildman–Crippen MR) is 118 cm³/mol. The Labute approximate surface area is 170 Å². The van der Waals surface area contributed by atoms with Crippen LogP contribution in [0.4, 0.5) is 0 Å². The Bertz CT molecular complexity index is 1070. The summed E-state index contributed by atoms with van der Waals surface area (Å²) in [6.45, 7) is 3.46. The lowest BCUT2D eigenvalue weighted by atomic mass is 10.1. The van der Waals surface area contributed by atoms with Crippen molar-refractivity contribution in [3.8, 4) is 22.6 Å². The van der Waals surface area contributed by atoms with Crippen molar-refractivity contribution in [3.05, 3.63) is 72.6 Å². The standard InChI is InChI=1S/C19H15N3.C5H11NO/c1-13-11-16-12-15(7-8-17(16)21-13)19-20-10-9-18(22-19)14-5-3-2-4-6-14;7-4-5-2-1-3-6-5/h2-12,21H,1H3;5-7H,1-4H2. The van der Waals surface area contributed by atoms with E-state index in [1.807, 2.05) is 30.5 Å². The van der Waals surface area contributed by atoms with E-state index in [4.69, 9.17) is 10.1 Å².